The van der Waals surface area contributed by atoms with Crippen LogP contribution in [0.4, 0.5) is 0 Å². The van der Waals surface area contributed by atoms with Crippen LogP contribution in [-0.4, -0.2) is 74.9 Å². The van der Waals surface area contributed by atoms with Gasteiger partial charge in [-0.2, -0.15) is 0 Å². The maximum absolute atomic E-state index is 12.7. The molecule has 0 saturated heterocycles. The predicted octanol–water partition coefficient (Wildman–Crippen LogP) is 14.4. The molecule has 0 rings (SSSR count). The predicted molar refractivity (Wildman–Crippen MR) is 261 cm³/mol. The molecule has 0 fully saturated rings. The molecule has 0 radical (unpaired) electrons. The SMILES string of the molecule is CC/C=C\C/C=C\C/C=C\C/C=C\C/C=C\C/C=C\CCC(=O)O[C@H](COC(=O)CCCCCCCCC/C=C\CCCCCCCCCC)COP(=O)(O)OCC[N+](C)(C)C. The molecule has 0 aliphatic rings. The van der Waals surface area contributed by atoms with E-state index in [2.05, 4.69) is 86.8 Å². The van der Waals surface area contributed by atoms with Crippen LogP contribution in [0.25, 0.3) is 0 Å². The molecule has 356 valence electrons. The summed E-state index contributed by atoms with van der Waals surface area (Å²) in [5, 5.41) is 0. The lowest BCUT2D eigenvalue weighted by Crippen LogP contribution is -2.37. The number of nitrogens with zero attached hydrogens (tertiary/aromatic N) is 1. The molecule has 0 aliphatic heterocycles. The van der Waals surface area contributed by atoms with Gasteiger partial charge in [-0.15, -0.1) is 0 Å². The molecular formula is C52H91NO8P+. The minimum absolute atomic E-state index is 0.0134. The normalized spacial score (nSPS) is 14.2. The van der Waals surface area contributed by atoms with Crippen LogP contribution in [0.5, 0.6) is 0 Å². The summed E-state index contributed by atoms with van der Waals surface area (Å²) in [6, 6.07) is 0. The molecule has 0 aliphatic carbocycles. The topological polar surface area (TPSA) is 108 Å². The number of likely N-dealkylation sites (N-methyl/N-ethyl adjacent to an activating group) is 1. The van der Waals surface area contributed by atoms with Crippen molar-refractivity contribution in [2.75, 3.05) is 47.5 Å². The molecule has 0 spiro atoms. The minimum Gasteiger partial charge on any atom is -0.462 e. The van der Waals surface area contributed by atoms with Gasteiger partial charge in [-0.25, -0.2) is 4.57 Å². The first-order valence-electron chi connectivity index (χ1n) is 24.3. The van der Waals surface area contributed by atoms with Crippen molar-refractivity contribution >= 4 is 19.8 Å². The Morgan fingerprint density at radius 1 is 0.516 bits per heavy atom. The van der Waals surface area contributed by atoms with Crippen LogP contribution >= 0.6 is 7.82 Å². The van der Waals surface area contributed by atoms with Crippen molar-refractivity contribution in [3.63, 3.8) is 0 Å². The number of carbonyl (C=O) groups excluding carboxylic acids is 2. The van der Waals surface area contributed by atoms with Crippen LogP contribution < -0.4 is 0 Å². The third-order valence-electron chi connectivity index (χ3n) is 9.92. The number of hydrogen-bond acceptors (Lipinski definition) is 7. The Morgan fingerprint density at radius 2 is 0.952 bits per heavy atom. The highest BCUT2D eigenvalue weighted by atomic mass is 31.2. The van der Waals surface area contributed by atoms with E-state index >= 15 is 0 Å². The third kappa shape index (κ3) is 46.7. The molecule has 0 saturated carbocycles. The molecule has 10 heteroatoms. The van der Waals surface area contributed by atoms with Gasteiger partial charge in [0.1, 0.15) is 19.8 Å². The third-order valence-corrected chi connectivity index (χ3v) is 10.9. The number of phosphoric acid groups is 1. The Morgan fingerprint density at radius 3 is 1.44 bits per heavy atom. The van der Waals surface area contributed by atoms with E-state index in [1.165, 1.54) is 77.0 Å². The number of allylic oxidation sites excluding steroid dienone is 14. The van der Waals surface area contributed by atoms with Crippen molar-refractivity contribution in [2.24, 2.45) is 0 Å². The van der Waals surface area contributed by atoms with Crippen LogP contribution in [0.1, 0.15) is 181 Å². The van der Waals surface area contributed by atoms with Crippen LogP contribution in [0.2, 0.25) is 0 Å². The van der Waals surface area contributed by atoms with E-state index < -0.39 is 32.5 Å². The highest BCUT2D eigenvalue weighted by molar-refractivity contribution is 7.47. The fourth-order valence-corrected chi connectivity index (χ4v) is 6.89. The summed E-state index contributed by atoms with van der Waals surface area (Å²) in [6.07, 6.45) is 56.5. The van der Waals surface area contributed by atoms with Crippen molar-refractivity contribution < 1.29 is 42.1 Å². The average molecular weight is 889 g/mol. The zero-order valence-corrected chi connectivity index (χ0v) is 41.0. The number of unbranched alkanes of at least 4 members (excludes halogenated alkanes) is 15. The van der Waals surface area contributed by atoms with E-state index in [0.717, 1.165) is 70.6 Å². The van der Waals surface area contributed by atoms with Crippen molar-refractivity contribution in [3.05, 3.63) is 85.1 Å². The maximum atomic E-state index is 12.7. The fourth-order valence-electron chi connectivity index (χ4n) is 6.15. The van der Waals surface area contributed by atoms with Gasteiger partial charge < -0.3 is 18.9 Å². The second-order valence-corrected chi connectivity index (χ2v) is 18.6. The van der Waals surface area contributed by atoms with Crippen molar-refractivity contribution in [1.29, 1.82) is 0 Å². The summed E-state index contributed by atoms with van der Waals surface area (Å²) in [5.41, 5.74) is 0. The Balaban J connectivity index is 4.43. The highest BCUT2D eigenvalue weighted by Crippen LogP contribution is 2.43. The number of esters is 2. The Labute approximate surface area is 380 Å². The number of phosphoric ester groups is 1. The van der Waals surface area contributed by atoms with Gasteiger partial charge in [0.2, 0.25) is 0 Å². The lowest BCUT2D eigenvalue weighted by atomic mass is 10.1. The summed E-state index contributed by atoms with van der Waals surface area (Å²) in [6.45, 7) is 4.21. The van der Waals surface area contributed by atoms with E-state index in [1.54, 1.807) is 0 Å². The molecule has 0 amide bonds. The fraction of sp³-hybridized carbons (Fsp3) is 0.692. The van der Waals surface area contributed by atoms with Gasteiger partial charge in [0.25, 0.3) is 0 Å². The first-order chi connectivity index (χ1) is 30.0. The molecular weight excluding hydrogens is 798 g/mol. The summed E-state index contributed by atoms with van der Waals surface area (Å²) in [5.74, 6) is -0.906. The number of rotatable bonds is 43. The van der Waals surface area contributed by atoms with Gasteiger partial charge in [-0.05, 0) is 77.0 Å². The Kier molecular flexibility index (Phi) is 41.5. The van der Waals surface area contributed by atoms with E-state index in [1.807, 2.05) is 33.3 Å². The summed E-state index contributed by atoms with van der Waals surface area (Å²) < 4.78 is 34.3. The number of quaternary nitrogens is 1. The van der Waals surface area contributed by atoms with E-state index in [0.29, 0.717) is 17.4 Å². The Bertz CT molecular complexity index is 1330. The smallest absolute Gasteiger partial charge is 0.462 e. The van der Waals surface area contributed by atoms with E-state index in [9.17, 15) is 19.0 Å². The second-order valence-electron chi connectivity index (χ2n) is 17.1. The van der Waals surface area contributed by atoms with Crippen molar-refractivity contribution in [2.45, 2.75) is 187 Å². The molecule has 0 heterocycles. The van der Waals surface area contributed by atoms with E-state index in [-0.39, 0.29) is 26.1 Å². The first kappa shape index (κ1) is 59.2. The zero-order valence-electron chi connectivity index (χ0n) is 40.1. The highest BCUT2D eigenvalue weighted by Gasteiger charge is 2.27. The Hall–Kier alpha value is -2.81. The van der Waals surface area contributed by atoms with Crippen molar-refractivity contribution in [3.8, 4) is 0 Å². The molecule has 1 unspecified atom stereocenters. The molecule has 2 atom stereocenters. The minimum atomic E-state index is -4.40. The standard InChI is InChI=1S/C52H90NO8P/c1-6-8-10-12-14-16-18-20-22-24-26-28-30-32-34-36-38-40-42-44-51(54)58-48-50(49-60-62(56,57)59-47-46-53(3,4)5)61-52(55)45-43-41-39-37-35-33-31-29-27-25-23-21-19-17-15-13-11-9-7-2/h9,11,15,17,21,23-24,26-27,29,33,35,39,41,50H,6-8,10,12-14,16,18-20,22,25,28,30-32,34,36-38,40,42-49H2,1-5H3/p+1/b11-9-,17-15-,23-21-,26-24-,29-27-,35-33-,41-39-/t50-/m1/s1. The van der Waals surface area contributed by atoms with Crippen LogP contribution in [-0.2, 0) is 32.7 Å². The summed E-state index contributed by atoms with van der Waals surface area (Å²) >= 11 is 0. The van der Waals surface area contributed by atoms with Gasteiger partial charge in [-0.1, -0.05) is 176 Å². The number of ether oxygens (including phenoxy) is 2. The maximum Gasteiger partial charge on any atom is 0.472 e. The molecule has 0 aromatic rings. The molecule has 1 N–H and O–H groups in total. The molecule has 62 heavy (non-hydrogen) atoms. The molecule has 9 nitrogen and oxygen atoms in total. The molecule has 0 aromatic heterocycles. The molecule has 0 bridgehead atoms. The first-order valence-corrected chi connectivity index (χ1v) is 25.8. The van der Waals surface area contributed by atoms with Crippen LogP contribution in [0.15, 0.2) is 85.1 Å². The van der Waals surface area contributed by atoms with Gasteiger partial charge >= 0.3 is 19.8 Å². The largest absolute Gasteiger partial charge is 0.472 e. The van der Waals surface area contributed by atoms with E-state index in [4.69, 9.17) is 18.5 Å². The lowest BCUT2D eigenvalue weighted by Gasteiger charge is -2.24. The number of carbonyl (C=O) groups is 2. The van der Waals surface area contributed by atoms with Crippen LogP contribution in [0.3, 0.4) is 0 Å². The summed E-state index contributed by atoms with van der Waals surface area (Å²) in [4.78, 5) is 35.4. The molecule has 0 aromatic carbocycles. The van der Waals surface area contributed by atoms with Crippen molar-refractivity contribution in [1.82, 2.24) is 0 Å². The zero-order chi connectivity index (χ0) is 45.7. The lowest BCUT2D eigenvalue weighted by molar-refractivity contribution is -0.870. The van der Waals surface area contributed by atoms with Crippen LogP contribution in [0, 0.1) is 0 Å². The average Bonchev–Trinajstić information content (AvgIpc) is 3.23. The second kappa shape index (κ2) is 43.4. The number of hydrogen-bond donors (Lipinski definition) is 1. The van der Waals surface area contributed by atoms with Gasteiger partial charge in [0, 0.05) is 12.8 Å². The quantitative estimate of drug-likeness (QED) is 0.0212. The van der Waals surface area contributed by atoms with Gasteiger partial charge in [0.15, 0.2) is 6.10 Å². The van der Waals surface area contributed by atoms with Gasteiger partial charge in [-0.3, -0.25) is 18.6 Å². The summed E-state index contributed by atoms with van der Waals surface area (Å²) in [7, 11) is 1.42. The monoisotopic (exact) mass is 889 g/mol. The van der Waals surface area contributed by atoms with Gasteiger partial charge in [0.05, 0.1) is 27.7 Å².